The smallest absolute Gasteiger partial charge is 0.248 e. The number of halogens is 2. The molecule has 3 nitrogen and oxygen atoms in total. The van der Waals surface area contributed by atoms with Gasteiger partial charge in [0.2, 0.25) is 5.91 Å². The largest absolute Gasteiger partial charge is 0.273 e. The summed E-state index contributed by atoms with van der Waals surface area (Å²) in [4.78, 5) is 12.5. The minimum Gasteiger partial charge on any atom is -0.273 e. The van der Waals surface area contributed by atoms with Gasteiger partial charge in [-0.2, -0.15) is 5.10 Å². The van der Waals surface area contributed by atoms with Crippen molar-refractivity contribution in [3.8, 4) is 0 Å². The van der Waals surface area contributed by atoms with Crippen LogP contribution in [0, 0.1) is 5.92 Å². The van der Waals surface area contributed by atoms with Gasteiger partial charge in [0.1, 0.15) is 0 Å². The quantitative estimate of drug-likeness (QED) is 0.738. The van der Waals surface area contributed by atoms with Gasteiger partial charge < -0.3 is 0 Å². The highest BCUT2D eigenvalue weighted by molar-refractivity contribution is 6.31. The summed E-state index contributed by atoms with van der Waals surface area (Å²) in [6.45, 7) is 0. The topological polar surface area (TPSA) is 32.7 Å². The lowest BCUT2D eigenvalue weighted by Crippen LogP contribution is -2.39. The number of amides is 1. The molecule has 0 N–H and O–H groups in total. The average molecular weight is 345 g/mol. The second kappa shape index (κ2) is 5.66. The first kappa shape index (κ1) is 14.7. The Morgan fingerprint density at radius 1 is 1.04 bits per heavy atom. The molecule has 0 saturated carbocycles. The number of hydrogen-bond donors (Lipinski definition) is 0. The molecule has 1 aliphatic carbocycles. The number of hydrogen-bond acceptors (Lipinski definition) is 2. The Bertz CT molecular complexity index is 814. The van der Waals surface area contributed by atoms with Crippen LogP contribution in [0.25, 0.3) is 0 Å². The Hall–Kier alpha value is -1.84. The standard InChI is InChI=1S/C18H14Cl2N2O/c19-13-3-6-15(7-4-13)22-17(23)10-12-2-1-11-9-14(20)5-8-16(11)18(12)21-22/h3-9,12H,1-2,10H2. The van der Waals surface area contributed by atoms with Gasteiger partial charge in [-0.25, -0.2) is 5.01 Å². The zero-order valence-corrected chi connectivity index (χ0v) is 13.8. The van der Waals surface area contributed by atoms with Gasteiger partial charge in [0.05, 0.1) is 11.4 Å². The van der Waals surface area contributed by atoms with E-state index in [2.05, 4.69) is 5.10 Å². The molecule has 5 heteroatoms. The minimum absolute atomic E-state index is 0.0264. The van der Waals surface area contributed by atoms with Crippen molar-refractivity contribution in [3.63, 3.8) is 0 Å². The number of aryl methyl sites for hydroxylation is 1. The molecule has 1 unspecified atom stereocenters. The number of benzene rings is 2. The predicted molar refractivity (Wildman–Crippen MR) is 93.4 cm³/mol. The zero-order chi connectivity index (χ0) is 16.0. The van der Waals surface area contributed by atoms with E-state index in [0.717, 1.165) is 34.8 Å². The summed E-state index contributed by atoms with van der Waals surface area (Å²) in [7, 11) is 0. The number of nitrogens with zero attached hydrogens (tertiary/aromatic N) is 2. The summed E-state index contributed by atoms with van der Waals surface area (Å²) >= 11 is 12.0. The van der Waals surface area contributed by atoms with Crippen molar-refractivity contribution in [1.29, 1.82) is 0 Å². The van der Waals surface area contributed by atoms with Crippen LogP contribution in [0.4, 0.5) is 5.69 Å². The van der Waals surface area contributed by atoms with E-state index >= 15 is 0 Å². The third kappa shape index (κ3) is 2.64. The van der Waals surface area contributed by atoms with E-state index in [0.29, 0.717) is 11.4 Å². The van der Waals surface area contributed by atoms with Crippen molar-refractivity contribution in [3.05, 3.63) is 63.6 Å². The van der Waals surface area contributed by atoms with Crippen LogP contribution in [0.1, 0.15) is 24.0 Å². The molecule has 1 atom stereocenters. The van der Waals surface area contributed by atoms with Crippen LogP contribution in [0.2, 0.25) is 10.0 Å². The lowest BCUT2D eigenvalue weighted by atomic mass is 9.79. The molecule has 1 amide bonds. The minimum atomic E-state index is 0.0264. The van der Waals surface area contributed by atoms with Gasteiger partial charge in [-0.05, 0) is 54.8 Å². The fourth-order valence-electron chi connectivity index (χ4n) is 3.28. The molecule has 0 saturated heterocycles. The summed E-state index contributed by atoms with van der Waals surface area (Å²) in [6.07, 6.45) is 2.36. The third-order valence-corrected chi connectivity index (χ3v) is 4.92. The second-order valence-electron chi connectivity index (χ2n) is 5.91. The number of anilines is 1. The van der Waals surface area contributed by atoms with E-state index in [4.69, 9.17) is 23.2 Å². The van der Waals surface area contributed by atoms with Crippen molar-refractivity contribution in [2.75, 3.05) is 5.01 Å². The summed E-state index contributed by atoms with van der Waals surface area (Å²) in [5, 5.41) is 7.54. The number of fused-ring (bicyclic) bond motifs is 3. The molecule has 23 heavy (non-hydrogen) atoms. The van der Waals surface area contributed by atoms with Gasteiger partial charge in [0, 0.05) is 27.9 Å². The fourth-order valence-corrected chi connectivity index (χ4v) is 3.61. The number of rotatable bonds is 1. The highest BCUT2D eigenvalue weighted by Gasteiger charge is 2.34. The first-order valence-corrected chi connectivity index (χ1v) is 8.33. The van der Waals surface area contributed by atoms with Crippen LogP contribution in [-0.2, 0) is 11.2 Å². The molecule has 2 aliphatic rings. The van der Waals surface area contributed by atoms with Crippen LogP contribution in [-0.4, -0.2) is 11.6 Å². The van der Waals surface area contributed by atoms with Gasteiger partial charge in [-0.15, -0.1) is 0 Å². The second-order valence-corrected chi connectivity index (χ2v) is 6.78. The van der Waals surface area contributed by atoms with Crippen LogP contribution in [0.3, 0.4) is 0 Å². The van der Waals surface area contributed by atoms with Crippen molar-refractivity contribution >= 4 is 40.5 Å². The Kier molecular flexibility index (Phi) is 3.63. The Morgan fingerprint density at radius 3 is 2.57 bits per heavy atom. The average Bonchev–Trinajstić information content (AvgIpc) is 2.55. The third-order valence-electron chi connectivity index (χ3n) is 4.43. The molecule has 0 aromatic heterocycles. The summed E-state index contributed by atoms with van der Waals surface area (Å²) in [6, 6.07) is 13.1. The molecule has 1 aliphatic heterocycles. The van der Waals surface area contributed by atoms with E-state index < -0.39 is 0 Å². The molecule has 116 valence electrons. The Morgan fingerprint density at radius 2 is 1.78 bits per heavy atom. The highest BCUT2D eigenvalue weighted by atomic mass is 35.5. The van der Waals surface area contributed by atoms with Gasteiger partial charge in [-0.3, -0.25) is 4.79 Å². The summed E-state index contributed by atoms with van der Waals surface area (Å²) in [5.41, 5.74) is 4.04. The molecule has 0 radical (unpaired) electrons. The van der Waals surface area contributed by atoms with E-state index in [1.54, 1.807) is 12.1 Å². The molecular weight excluding hydrogens is 331 g/mol. The van der Waals surface area contributed by atoms with Crippen LogP contribution in [0.5, 0.6) is 0 Å². The van der Waals surface area contributed by atoms with Crippen molar-refractivity contribution in [2.45, 2.75) is 19.3 Å². The molecule has 0 spiro atoms. The van der Waals surface area contributed by atoms with Crippen LogP contribution >= 0.6 is 23.2 Å². The normalized spacial score (nSPS) is 19.9. The van der Waals surface area contributed by atoms with Gasteiger partial charge in [-0.1, -0.05) is 29.3 Å². The molecule has 0 fully saturated rings. The summed E-state index contributed by atoms with van der Waals surface area (Å²) in [5.74, 6) is 0.221. The fraction of sp³-hybridized carbons (Fsp3) is 0.222. The highest BCUT2D eigenvalue weighted by Crippen LogP contribution is 2.34. The first-order chi connectivity index (χ1) is 11.1. The number of hydrazone groups is 1. The molecule has 1 heterocycles. The summed E-state index contributed by atoms with van der Waals surface area (Å²) < 4.78 is 0. The molecule has 2 aromatic rings. The Balaban J connectivity index is 1.79. The maximum absolute atomic E-state index is 12.5. The first-order valence-electron chi connectivity index (χ1n) is 7.57. The van der Waals surface area contributed by atoms with Gasteiger partial charge in [0.15, 0.2) is 0 Å². The Labute approximate surface area is 144 Å². The monoisotopic (exact) mass is 344 g/mol. The van der Waals surface area contributed by atoms with E-state index in [1.165, 1.54) is 10.6 Å². The predicted octanol–water partition coefficient (Wildman–Crippen LogP) is 4.70. The lowest BCUT2D eigenvalue weighted by molar-refractivity contribution is -0.119. The van der Waals surface area contributed by atoms with Crippen molar-refractivity contribution < 1.29 is 4.79 Å². The van der Waals surface area contributed by atoms with E-state index in [9.17, 15) is 4.79 Å². The molecule has 0 bridgehead atoms. The maximum atomic E-state index is 12.5. The zero-order valence-electron chi connectivity index (χ0n) is 12.3. The van der Waals surface area contributed by atoms with E-state index in [1.807, 2.05) is 30.3 Å². The van der Waals surface area contributed by atoms with Gasteiger partial charge >= 0.3 is 0 Å². The van der Waals surface area contributed by atoms with Crippen LogP contribution < -0.4 is 5.01 Å². The van der Waals surface area contributed by atoms with Crippen molar-refractivity contribution in [2.24, 2.45) is 11.0 Å². The van der Waals surface area contributed by atoms with Gasteiger partial charge in [0.25, 0.3) is 0 Å². The lowest BCUT2D eigenvalue weighted by Gasteiger charge is -2.33. The number of carbonyl (C=O) groups excluding carboxylic acids is 1. The molecule has 2 aromatic carbocycles. The van der Waals surface area contributed by atoms with E-state index in [-0.39, 0.29) is 11.8 Å². The maximum Gasteiger partial charge on any atom is 0.248 e. The van der Waals surface area contributed by atoms with Crippen LogP contribution in [0.15, 0.2) is 47.6 Å². The SMILES string of the molecule is O=C1CC2CCc3cc(Cl)ccc3C2=NN1c1ccc(Cl)cc1. The number of carbonyl (C=O) groups is 1. The molecular formula is C18H14Cl2N2O. The molecule has 4 rings (SSSR count). The van der Waals surface area contributed by atoms with Crippen molar-refractivity contribution in [1.82, 2.24) is 0 Å².